The number of methoxy groups -OCH3 is 2. The van der Waals surface area contributed by atoms with Crippen LogP contribution in [0.5, 0.6) is 5.75 Å². The van der Waals surface area contributed by atoms with Crippen LogP contribution < -0.4 is 10.3 Å². The summed E-state index contributed by atoms with van der Waals surface area (Å²) in [6.45, 7) is 3.70. The van der Waals surface area contributed by atoms with Gasteiger partial charge in [-0.25, -0.2) is 4.39 Å². The first-order chi connectivity index (χ1) is 12.3. The Kier molecular flexibility index (Phi) is 6.56. The van der Waals surface area contributed by atoms with Crippen molar-refractivity contribution in [3.63, 3.8) is 0 Å². The lowest BCUT2D eigenvalue weighted by atomic mass is 9.96. The van der Waals surface area contributed by atoms with Gasteiger partial charge in [0.15, 0.2) is 5.78 Å². The average Bonchev–Trinajstić information content (AvgIpc) is 2.61. The number of halogens is 2. The zero-order valence-electron chi connectivity index (χ0n) is 15.1. The first-order valence-corrected chi connectivity index (χ1v) is 8.48. The van der Waals surface area contributed by atoms with Gasteiger partial charge in [-0.15, -0.1) is 0 Å². The van der Waals surface area contributed by atoms with E-state index in [2.05, 4.69) is 0 Å². The molecule has 7 heteroatoms. The SMILES string of the molecule is COCCC(C)n1cc(OC)c(-c2c(C(C)=O)ccc(Cl)c2F)cc1=O. The van der Waals surface area contributed by atoms with E-state index in [1.54, 1.807) is 7.11 Å². The van der Waals surface area contributed by atoms with Crippen LogP contribution in [-0.2, 0) is 4.74 Å². The third-order valence-corrected chi connectivity index (χ3v) is 4.51. The van der Waals surface area contributed by atoms with Crippen LogP contribution in [0.4, 0.5) is 4.39 Å². The summed E-state index contributed by atoms with van der Waals surface area (Å²) in [5.41, 5.74) is -0.0402. The van der Waals surface area contributed by atoms with Crippen LogP contribution in [0.15, 0.2) is 29.2 Å². The molecule has 0 spiro atoms. The van der Waals surface area contributed by atoms with Crippen LogP contribution in [0.3, 0.4) is 0 Å². The Morgan fingerprint density at radius 2 is 2.04 bits per heavy atom. The van der Waals surface area contributed by atoms with E-state index < -0.39 is 5.82 Å². The van der Waals surface area contributed by atoms with Crippen LogP contribution in [-0.4, -0.2) is 31.2 Å². The summed E-state index contributed by atoms with van der Waals surface area (Å²) >= 11 is 5.89. The number of rotatable bonds is 7. The molecular formula is C19H21ClFNO4. The van der Waals surface area contributed by atoms with Crippen LogP contribution in [0.1, 0.15) is 36.7 Å². The standard InChI is InChI=1S/C19H21ClFNO4/c1-11(7-8-25-3)22-10-16(26-4)14(9-17(22)24)18-13(12(2)23)5-6-15(20)19(18)21/h5-6,9-11H,7-8H2,1-4H3. The minimum atomic E-state index is -0.762. The highest BCUT2D eigenvalue weighted by molar-refractivity contribution is 6.31. The molecule has 1 heterocycles. The van der Waals surface area contributed by atoms with Gasteiger partial charge in [-0.1, -0.05) is 11.6 Å². The number of ether oxygens (including phenoxy) is 2. The molecule has 0 amide bonds. The van der Waals surface area contributed by atoms with Gasteiger partial charge in [-0.3, -0.25) is 9.59 Å². The van der Waals surface area contributed by atoms with Crippen LogP contribution in [0.25, 0.3) is 11.1 Å². The third kappa shape index (κ3) is 3.97. The fourth-order valence-electron chi connectivity index (χ4n) is 2.77. The number of Topliss-reactive ketones (excluding diaryl/α,β-unsaturated/α-hetero) is 1. The summed E-state index contributed by atoms with van der Waals surface area (Å²) < 4.78 is 26.6. The second-order valence-electron chi connectivity index (χ2n) is 5.97. The summed E-state index contributed by atoms with van der Waals surface area (Å²) in [4.78, 5) is 24.5. The molecule has 0 radical (unpaired) electrons. The Hall–Kier alpha value is -2.18. The molecule has 0 aliphatic rings. The number of aromatic nitrogens is 1. The number of hydrogen-bond acceptors (Lipinski definition) is 4. The number of nitrogens with zero attached hydrogens (tertiary/aromatic N) is 1. The predicted octanol–water partition coefficient (Wildman–Crippen LogP) is 4.12. The molecule has 0 aliphatic carbocycles. The third-order valence-electron chi connectivity index (χ3n) is 4.22. The fraction of sp³-hybridized carbons (Fsp3) is 0.368. The number of ketones is 1. The summed E-state index contributed by atoms with van der Waals surface area (Å²) in [6, 6.07) is 3.89. The Morgan fingerprint density at radius 3 is 2.62 bits per heavy atom. The van der Waals surface area contributed by atoms with Gasteiger partial charge in [-0.05, 0) is 32.4 Å². The predicted molar refractivity (Wildman–Crippen MR) is 98.9 cm³/mol. The van der Waals surface area contributed by atoms with Crippen molar-refractivity contribution in [2.24, 2.45) is 0 Å². The highest BCUT2D eigenvalue weighted by atomic mass is 35.5. The number of pyridine rings is 1. The normalized spacial score (nSPS) is 12.1. The van der Waals surface area contributed by atoms with E-state index in [-0.39, 0.29) is 44.8 Å². The second kappa shape index (κ2) is 8.47. The molecule has 0 fully saturated rings. The number of hydrogen-bond donors (Lipinski definition) is 0. The zero-order chi connectivity index (χ0) is 19.4. The van der Waals surface area contributed by atoms with E-state index in [0.717, 1.165) is 0 Å². The molecular weight excluding hydrogens is 361 g/mol. The van der Waals surface area contributed by atoms with Gasteiger partial charge in [0.1, 0.15) is 11.6 Å². The smallest absolute Gasteiger partial charge is 0.251 e. The van der Waals surface area contributed by atoms with Crippen molar-refractivity contribution in [1.29, 1.82) is 0 Å². The quantitative estimate of drug-likeness (QED) is 0.677. The summed E-state index contributed by atoms with van der Waals surface area (Å²) in [6.07, 6.45) is 2.14. The van der Waals surface area contributed by atoms with Crippen LogP contribution >= 0.6 is 11.6 Å². The topological polar surface area (TPSA) is 57.5 Å². The molecule has 1 aromatic carbocycles. The molecule has 1 aromatic heterocycles. The van der Waals surface area contributed by atoms with E-state index in [4.69, 9.17) is 21.1 Å². The number of carbonyl (C=O) groups is 1. The maximum atomic E-state index is 14.7. The summed E-state index contributed by atoms with van der Waals surface area (Å²) in [7, 11) is 3.01. The van der Waals surface area contributed by atoms with Gasteiger partial charge in [-0.2, -0.15) is 0 Å². The van der Waals surface area contributed by atoms with Gasteiger partial charge in [0.2, 0.25) is 0 Å². The minimum Gasteiger partial charge on any atom is -0.495 e. The van der Waals surface area contributed by atoms with E-state index in [9.17, 15) is 14.0 Å². The molecule has 5 nitrogen and oxygen atoms in total. The zero-order valence-corrected chi connectivity index (χ0v) is 15.9. The van der Waals surface area contributed by atoms with Crippen LogP contribution in [0, 0.1) is 5.82 Å². The van der Waals surface area contributed by atoms with Gasteiger partial charge < -0.3 is 14.0 Å². The van der Waals surface area contributed by atoms with Crippen LogP contribution in [0.2, 0.25) is 5.02 Å². The molecule has 1 unspecified atom stereocenters. The van der Waals surface area contributed by atoms with Crippen molar-refractivity contribution in [1.82, 2.24) is 4.57 Å². The van der Waals surface area contributed by atoms with Crippen molar-refractivity contribution in [2.75, 3.05) is 20.8 Å². The Bertz CT molecular complexity index is 879. The van der Waals surface area contributed by atoms with Crippen molar-refractivity contribution in [2.45, 2.75) is 26.3 Å². The highest BCUT2D eigenvalue weighted by Gasteiger charge is 2.22. The lowest BCUT2D eigenvalue weighted by molar-refractivity contribution is 0.101. The second-order valence-corrected chi connectivity index (χ2v) is 6.38. The maximum Gasteiger partial charge on any atom is 0.251 e. The lowest BCUT2D eigenvalue weighted by Crippen LogP contribution is -2.23. The van der Waals surface area contributed by atoms with E-state index in [0.29, 0.717) is 13.0 Å². The first-order valence-electron chi connectivity index (χ1n) is 8.10. The van der Waals surface area contributed by atoms with Crippen molar-refractivity contribution >= 4 is 17.4 Å². The Balaban J connectivity index is 2.69. The maximum absolute atomic E-state index is 14.7. The van der Waals surface area contributed by atoms with Crippen molar-refractivity contribution < 1.29 is 18.7 Å². The molecule has 0 saturated heterocycles. The van der Waals surface area contributed by atoms with Crippen molar-refractivity contribution in [3.8, 4) is 16.9 Å². The van der Waals surface area contributed by atoms with Crippen molar-refractivity contribution in [3.05, 3.63) is 51.2 Å². The molecule has 1 atom stereocenters. The Morgan fingerprint density at radius 1 is 1.35 bits per heavy atom. The minimum absolute atomic E-state index is 0.0318. The molecule has 140 valence electrons. The van der Waals surface area contributed by atoms with Gasteiger partial charge in [0, 0.05) is 42.5 Å². The molecule has 2 rings (SSSR count). The average molecular weight is 382 g/mol. The number of carbonyl (C=O) groups excluding carboxylic acids is 1. The molecule has 0 saturated carbocycles. The first kappa shape index (κ1) is 20.1. The molecule has 26 heavy (non-hydrogen) atoms. The van der Waals surface area contributed by atoms with Gasteiger partial charge in [0.25, 0.3) is 5.56 Å². The molecule has 0 bridgehead atoms. The molecule has 2 aromatic rings. The van der Waals surface area contributed by atoms with E-state index in [1.165, 1.54) is 43.0 Å². The molecule has 0 aliphatic heterocycles. The van der Waals surface area contributed by atoms with E-state index >= 15 is 0 Å². The van der Waals surface area contributed by atoms with Gasteiger partial charge in [0.05, 0.1) is 18.3 Å². The summed E-state index contributed by atoms with van der Waals surface area (Å²) in [5.74, 6) is -0.824. The van der Waals surface area contributed by atoms with Gasteiger partial charge >= 0.3 is 0 Å². The highest BCUT2D eigenvalue weighted by Crippen LogP contribution is 2.36. The molecule has 0 N–H and O–H groups in total. The fourth-order valence-corrected chi connectivity index (χ4v) is 2.92. The Labute approximate surface area is 156 Å². The summed E-state index contributed by atoms with van der Waals surface area (Å²) in [5, 5.41) is -0.135. The lowest BCUT2D eigenvalue weighted by Gasteiger charge is -2.19. The van der Waals surface area contributed by atoms with E-state index in [1.807, 2.05) is 6.92 Å². The monoisotopic (exact) mass is 381 g/mol. The largest absolute Gasteiger partial charge is 0.495 e. The number of benzene rings is 1.